The molecule has 0 aromatic heterocycles. The quantitative estimate of drug-likeness (QED) is 0.578. The van der Waals surface area contributed by atoms with Crippen LogP contribution in [0.1, 0.15) is 26.2 Å². The minimum absolute atomic E-state index is 0.00617. The fourth-order valence-corrected chi connectivity index (χ4v) is 1.43. The normalized spacial score (nSPS) is 32.6. The fraction of sp³-hybridized carbons (Fsp3) is 0.857. The van der Waals surface area contributed by atoms with Gasteiger partial charge < -0.3 is 4.74 Å². The van der Waals surface area contributed by atoms with E-state index in [-0.39, 0.29) is 5.78 Å². The number of carbonyl (C=O) groups excluding carboxylic acids is 1. The summed E-state index contributed by atoms with van der Waals surface area (Å²) < 4.78 is 5.11. The van der Waals surface area contributed by atoms with Gasteiger partial charge in [-0.1, -0.05) is 18.5 Å². The largest absolute Gasteiger partial charge is 0.353 e. The topological polar surface area (TPSA) is 26.3 Å². The fourth-order valence-electron chi connectivity index (χ4n) is 1.09. The van der Waals surface area contributed by atoms with Crippen LogP contribution in [0.2, 0.25) is 0 Å². The molecule has 58 valence electrons. The van der Waals surface area contributed by atoms with Gasteiger partial charge in [0.2, 0.25) is 0 Å². The number of hydrogen-bond donors (Lipinski definition) is 0. The van der Waals surface area contributed by atoms with Crippen molar-refractivity contribution in [1.82, 2.24) is 0 Å². The number of halogens is 1. The Morgan fingerprint density at radius 2 is 2.50 bits per heavy atom. The van der Waals surface area contributed by atoms with Crippen LogP contribution < -0.4 is 0 Å². The first-order valence-corrected chi connectivity index (χ1v) is 3.93. The minimum Gasteiger partial charge on any atom is -0.353 e. The Morgan fingerprint density at radius 3 is 2.90 bits per heavy atom. The summed E-state index contributed by atoms with van der Waals surface area (Å²) in [6.07, 6.45) is 2.03. The Kier molecular flexibility index (Phi) is 2.32. The van der Waals surface area contributed by atoms with Crippen molar-refractivity contribution in [2.24, 2.45) is 0 Å². The molecule has 3 heteroatoms. The molecule has 1 rings (SSSR count). The molecule has 1 aliphatic heterocycles. The van der Waals surface area contributed by atoms with Crippen LogP contribution in [0.5, 0.6) is 0 Å². The van der Waals surface area contributed by atoms with Gasteiger partial charge in [0.1, 0.15) is 0 Å². The summed E-state index contributed by atoms with van der Waals surface area (Å²) in [6.45, 7) is 2.42. The van der Waals surface area contributed by atoms with E-state index in [9.17, 15) is 4.79 Å². The maximum atomic E-state index is 11.1. The molecule has 1 unspecified atom stereocenters. The van der Waals surface area contributed by atoms with E-state index < -0.39 is 5.06 Å². The third-order valence-corrected chi connectivity index (χ3v) is 2.22. The van der Waals surface area contributed by atoms with E-state index in [1.807, 2.05) is 0 Å². The average Bonchev–Trinajstić information content (AvgIpc) is 2.36. The van der Waals surface area contributed by atoms with Crippen molar-refractivity contribution in [3.63, 3.8) is 0 Å². The monoisotopic (exact) mass is 162 g/mol. The lowest BCUT2D eigenvalue weighted by Crippen LogP contribution is -2.30. The minimum atomic E-state index is -0.964. The standard InChI is InChI=1S/C7H11ClO2/c1-2-6(9)7(8)4-3-5-10-7/h2-5H2,1H3. The zero-order chi connectivity index (χ0) is 7.61. The summed E-state index contributed by atoms with van der Waals surface area (Å²) in [7, 11) is 0. The van der Waals surface area contributed by atoms with Crippen LogP contribution in [0.15, 0.2) is 0 Å². The molecule has 0 spiro atoms. The van der Waals surface area contributed by atoms with Gasteiger partial charge in [-0.15, -0.1) is 0 Å². The summed E-state index contributed by atoms with van der Waals surface area (Å²) in [6, 6.07) is 0. The highest BCUT2D eigenvalue weighted by Crippen LogP contribution is 2.31. The van der Waals surface area contributed by atoms with E-state index in [1.54, 1.807) is 6.92 Å². The maximum Gasteiger partial charge on any atom is 0.200 e. The number of alkyl halides is 1. The molecule has 2 nitrogen and oxygen atoms in total. The van der Waals surface area contributed by atoms with E-state index in [0.717, 1.165) is 6.42 Å². The SMILES string of the molecule is CCC(=O)C1(Cl)CCCO1. The van der Waals surface area contributed by atoms with Gasteiger partial charge in [-0.05, 0) is 6.42 Å². The number of Topliss-reactive ketones (excluding diaryl/α,β-unsaturated/α-hetero) is 1. The highest BCUT2D eigenvalue weighted by atomic mass is 35.5. The second-order valence-electron chi connectivity index (χ2n) is 2.46. The molecule has 1 atom stereocenters. The maximum absolute atomic E-state index is 11.1. The molecule has 0 bridgehead atoms. The number of ketones is 1. The number of hydrogen-bond acceptors (Lipinski definition) is 2. The summed E-state index contributed by atoms with van der Waals surface area (Å²) in [5.41, 5.74) is 0. The first-order valence-electron chi connectivity index (χ1n) is 3.55. The molecule has 1 heterocycles. The van der Waals surface area contributed by atoms with Crippen LogP contribution in [-0.4, -0.2) is 17.5 Å². The lowest BCUT2D eigenvalue weighted by atomic mass is 10.1. The van der Waals surface area contributed by atoms with Crippen molar-refractivity contribution < 1.29 is 9.53 Å². The molecule has 0 amide bonds. The van der Waals surface area contributed by atoms with E-state index in [1.165, 1.54) is 0 Å². The molecule has 0 aromatic carbocycles. The van der Waals surface area contributed by atoms with Crippen LogP contribution in [0, 0.1) is 0 Å². The van der Waals surface area contributed by atoms with Gasteiger partial charge in [-0.2, -0.15) is 0 Å². The highest BCUT2D eigenvalue weighted by molar-refractivity contribution is 6.34. The third kappa shape index (κ3) is 1.32. The Bertz CT molecular complexity index is 139. The Labute approximate surface area is 65.5 Å². The van der Waals surface area contributed by atoms with Crippen LogP contribution in [0.25, 0.3) is 0 Å². The predicted octanol–water partition coefficient (Wildman–Crippen LogP) is 1.71. The molecule has 0 radical (unpaired) electrons. The van der Waals surface area contributed by atoms with Crippen molar-refractivity contribution in [2.75, 3.05) is 6.61 Å². The highest BCUT2D eigenvalue weighted by Gasteiger charge is 2.38. The van der Waals surface area contributed by atoms with Gasteiger partial charge in [0.05, 0.1) is 0 Å². The van der Waals surface area contributed by atoms with Crippen molar-refractivity contribution in [1.29, 1.82) is 0 Å². The molecule has 0 aliphatic carbocycles. The van der Waals surface area contributed by atoms with Crippen LogP contribution in [0.3, 0.4) is 0 Å². The van der Waals surface area contributed by atoms with Gasteiger partial charge in [0.25, 0.3) is 0 Å². The molecular formula is C7H11ClO2. The Morgan fingerprint density at radius 1 is 1.80 bits per heavy atom. The third-order valence-electron chi connectivity index (χ3n) is 1.71. The van der Waals surface area contributed by atoms with Crippen LogP contribution in [0.4, 0.5) is 0 Å². The summed E-state index contributed by atoms with van der Waals surface area (Å²) in [5.74, 6) is 0.00617. The smallest absolute Gasteiger partial charge is 0.200 e. The van der Waals surface area contributed by atoms with Crippen molar-refractivity contribution in [2.45, 2.75) is 31.2 Å². The Hall–Kier alpha value is -0.0800. The number of ether oxygens (including phenoxy) is 1. The zero-order valence-corrected chi connectivity index (χ0v) is 6.78. The van der Waals surface area contributed by atoms with Crippen LogP contribution >= 0.6 is 11.6 Å². The molecule has 0 saturated carbocycles. The van der Waals surface area contributed by atoms with Crippen LogP contribution in [-0.2, 0) is 9.53 Å². The summed E-state index contributed by atoms with van der Waals surface area (Å²) >= 11 is 5.85. The molecular weight excluding hydrogens is 152 g/mol. The first kappa shape index (κ1) is 8.02. The lowest BCUT2D eigenvalue weighted by molar-refractivity contribution is -0.130. The van der Waals surface area contributed by atoms with E-state index >= 15 is 0 Å². The second-order valence-corrected chi connectivity index (χ2v) is 3.07. The van der Waals surface area contributed by atoms with Crippen molar-refractivity contribution in [3.8, 4) is 0 Å². The number of rotatable bonds is 2. The van der Waals surface area contributed by atoms with E-state index in [2.05, 4.69) is 0 Å². The predicted molar refractivity (Wildman–Crippen MR) is 39.1 cm³/mol. The lowest BCUT2D eigenvalue weighted by Gasteiger charge is -2.16. The molecule has 0 aromatic rings. The van der Waals surface area contributed by atoms with Gasteiger partial charge in [-0.3, -0.25) is 4.79 Å². The van der Waals surface area contributed by atoms with Gasteiger partial charge >= 0.3 is 0 Å². The molecule has 1 saturated heterocycles. The van der Waals surface area contributed by atoms with Gasteiger partial charge in [0, 0.05) is 19.4 Å². The molecule has 10 heavy (non-hydrogen) atoms. The van der Waals surface area contributed by atoms with Gasteiger partial charge in [-0.25, -0.2) is 0 Å². The van der Waals surface area contributed by atoms with Gasteiger partial charge in [0.15, 0.2) is 10.8 Å². The summed E-state index contributed by atoms with van der Waals surface area (Å²) in [4.78, 5) is 11.1. The first-order chi connectivity index (χ1) is 4.69. The zero-order valence-electron chi connectivity index (χ0n) is 6.02. The molecule has 1 fully saturated rings. The molecule has 1 aliphatic rings. The van der Waals surface area contributed by atoms with E-state index in [0.29, 0.717) is 19.4 Å². The van der Waals surface area contributed by atoms with Crippen molar-refractivity contribution >= 4 is 17.4 Å². The van der Waals surface area contributed by atoms with E-state index in [4.69, 9.17) is 16.3 Å². The average molecular weight is 163 g/mol. The second kappa shape index (κ2) is 2.89. The Balaban J connectivity index is 2.58. The van der Waals surface area contributed by atoms with Crippen molar-refractivity contribution in [3.05, 3.63) is 0 Å². The summed E-state index contributed by atoms with van der Waals surface area (Å²) in [5, 5.41) is -0.964. The number of carbonyl (C=O) groups is 1. The molecule has 0 N–H and O–H groups in total.